The van der Waals surface area contributed by atoms with Gasteiger partial charge in [-0.2, -0.15) is 0 Å². The Balaban J connectivity index is 1.30. The summed E-state index contributed by atoms with van der Waals surface area (Å²) in [6.45, 7) is 0. The van der Waals surface area contributed by atoms with Crippen molar-refractivity contribution < 1.29 is 0 Å². The molecule has 2 aromatic heterocycles. The van der Waals surface area contributed by atoms with E-state index in [1.807, 2.05) is 22.7 Å². The van der Waals surface area contributed by atoms with Crippen LogP contribution in [0.2, 0.25) is 0 Å². The Hall–Kier alpha value is -5.48. The molecule has 0 fully saturated rings. The van der Waals surface area contributed by atoms with Crippen LogP contribution in [0.5, 0.6) is 0 Å². The average Bonchev–Trinajstić information content (AvgIpc) is 3.67. The zero-order chi connectivity index (χ0) is 30.6. The van der Waals surface area contributed by atoms with Gasteiger partial charge in [0.25, 0.3) is 0 Å². The van der Waals surface area contributed by atoms with Gasteiger partial charge in [-0.25, -0.2) is 0 Å². The van der Waals surface area contributed by atoms with Gasteiger partial charge in [0.15, 0.2) is 0 Å². The minimum Gasteiger partial charge on any atom is -0.308 e. The molecule has 3 heteroatoms. The molecule has 2 heterocycles. The van der Waals surface area contributed by atoms with Gasteiger partial charge in [0, 0.05) is 46.7 Å². The Morgan fingerprint density at radius 1 is 0.362 bits per heavy atom. The van der Waals surface area contributed by atoms with Crippen molar-refractivity contribution in [2.24, 2.45) is 0 Å². The van der Waals surface area contributed by atoms with Crippen molar-refractivity contribution in [3.8, 4) is 22.3 Å². The van der Waals surface area contributed by atoms with Gasteiger partial charge in [-0.15, -0.1) is 22.7 Å². The van der Waals surface area contributed by atoms with Crippen LogP contribution in [0, 0.1) is 0 Å². The molecule has 8 aromatic carbocycles. The van der Waals surface area contributed by atoms with Gasteiger partial charge < -0.3 is 4.90 Å². The first-order valence-corrected chi connectivity index (χ1v) is 17.6. The Bertz CT molecular complexity index is 2920. The number of anilines is 3. The van der Waals surface area contributed by atoms with Gasteiger partial charge in [-0.3, -0.25) is 0 Å². The predicted molar refractivity (Wildman–Crippen MR) is 206 cm³/mol. The van der Waals surface area contributed by atoms with Crippen molar-refractivity contribution in [1.82, 2.24) is 0 Å². The summed E-state index contributed by atoms with van der Waals surface area (Å²) in [5.41, 5.74) is 8.77. The van der Waals surface area contributed by atoms with Crippen LogP contribution >= 0.6 is 22.7 Å². The molecule has 47 heavy (non-hydrogen) atoms. The van der Waals surface area contributed by atoms with E-state index in [0.717, 1.165) is 0 Å². The summed E-state index contributed by atoms with van der Waals surface area (Å²) in [6, 6.07) is 56.4. The molecule has 1 aliphatic carbocycles. The molecule has 1 aliphatic rings. The summed E-state index contributed by atoms with van der Waals surface area (Å²) in [5.74, 6) is 0. The van der Waals surface area contributed by atoms with Crippen LogP contribution in [0.3, 0.4) is 0 Å². The van der Waals surface area contributed by atoms with E-state index in [1.165, 1.54) is 101 Å². The normalized spacial score (nSPS) is 12.3. The fourth-order valence-corrected chi connectivity index (χ4v) is 10.3. The fourth-order valence-electron chi connectivity index (χ4n) is 8.00. The second kappa shape index (κ2) is 9.52. The lowest BCUT2D eigenvalue weighted by Crippen LogP contribution is -2.11. The molecular formula is C44H25NS2. The van der Waals surface area contributed by atoms with E-state index in [2.05, 4.69) is 157 Å². The Morgan fingerprint density at radius 3 is 1.96 bits per heavy atom. The molecule has 0 bridgehead atoms. The van der Waals surface area contributed by atoms with Gasteiger partial charge in [0.1, 0.15) is 0 Å². The lowest BCUT2D eigenvalue weighted by Gasteiger charge is -2.28. The van der Waals surface area contributed by atoms with E-state index < -0.39 is 0 Å². The molecule has 1 nitrogen and oxygen atoms in total. The predicted octanol–water partition coefficient (Wildman–Crippen LogP) is 13.8. The number of hydrogen-bond acceptors (Lipinski definition) is 3. The summed E-state index contributed by atoms with van der Waals surface area (Å²) >= 11 is 3.79. The van der Waals surface area contributed by atoms with Crippen molar-refractivity contribution in [1.29, 1.82) is 0 Å². The number of nitrogens with zero attached hydrogens (tertiary/aromatic N) is 1. The molecule has 218 valence electrons. The monoisotopic (exact) mass is 631 g/mol. The number of benzene rings is 8. The Kier molecular flexibility index (Phi) is 5.20. The average molecular weight is 632 g/mol. The van der Waals surface area contributed by atoms with E-state index in [4.69, 9.17) is 0 Å². The van der Waals surface area contributed by atoms with E-state index >= 15 is 0 Å². The molecule has 0 radical (unpaired) electrons. The third kappa shape index (κ3) is 3.53. The molecule has 0 N–H and O–H groups in total. The standard InChI is InChI=1S/C44H25NS2/c1-2-12-29-26(10-1)11-7-18-36(29)45(37-19-8-17-34-32-15-5-6-20-38(32)47-44(34)37)28-24-27-22-23-40-43-41(27)35(25-28)31-14-4-3-13-30(31)33-16-9-21-39(46-40)42(33)43/h1-25H. The third-order valence-corrected chi connectivity index (χ3v) is 12.3. The highest BCUT2D eigenvalue weighted by Crippen LogP contribution is 2.53. The summed E-state index contributed by atoms with van der Waals surface area (Å²) in [6.07, 6.45) is 0. The number of thiophene rings is 2. The second-order valence-electron chi connectivity index (χ2n) is 12.4. The first-order valence-electron chi connectivity index (χ1n) is 16.0. The van der Waals surface area contributed by atoms with E-state index in [-0.39, 0.29) is 0 Å². The zero-order valence-corrected chi connectivity index (χ0v) is 26.8. The SMILES string of the molecule is c1ccc2c(c1)-c1cc(N(c3cccc4ccccc34)c3cccc4c3sc3ccccc34)cc3ccc4sc5cccc-2c5c4c13. The largest absolute Gasteiger partial charge is 0.308 e. The van der Waals surface area contributed by atoms with E-state index in [1.54, 1.807) is 0 Å². The zero-order valence-electron chi connectivity index (χ0n) is 25.2. The lowest BCUT2D eigenvalue weighted by atomic mass is 9.92. The lowest BCUT2D eigenvalue weighted by molar-refractivity contribution is 1.32. The maximum Gasteiger partial charge on any atom is 0.0640 e. The van der Waals surface area contributed by atoms with Gasteiger partial charge in [-0.1, -0.05) is 109 Å². The van der Waals surface area contributed by atoms with Crippen molar-refractivity contribution in [3.63, 3.8) is 0 Å². The summed E-state index contributed by atoms with van der Waals surface area (Å²) in [5, 5.41) is 10.5. The summed E-state index contributed by atoms with van der Waals surface area (Å²) < 4.78 is 5.32. The molecule has 11 rings (SSSR count). The quantitative estimate of drug-likeness (QED) is 0.188. The Morgan fingerprint density at radius 2 is 1.02 bits per heavy atom. The van der Waals surface area contributed by atoms with Crippen LogP contribution < -0.4 is 4.90 Å². The molecule has 10 aromatic rings. The minimum absolute atomic E-state index is 1.17. The van der Waals surface area contributed by atoms with Gasteiger partial charge >= 0.3 is 0 Å². The first kappa shape index (κ1) is 25.7. The molecule has 0 aliphatic heterocycles. The van der Waals surface area contributed by atoms with Gasteiger partial charge in [-0.05, 0) is 80.9 Å². The Labute approximate surface area is 279 Å². The van der Waals surface area contributed by atoms with Crippen molar-refractivity contribution in [2.75, 3.05) is 4.90 Å². The molecule has 0 atom stereocenters. The highest BCUT2D eigenvalue weighted by Gasteiger charge is 2.26. The summed E-state index contributed by atoms with van der Waals surface area (Å²) in [7, 11) is 0. The molecule has 0 amide bonds. The maximum atomic E-state index is 2.52. The van der Waals surface area contributed by atoms with Gasteiger partial charge in [0.2, 0.25) is 0 Å². The van der Waals surface area contributed by atoms with Crippen LogP contribution in [0.25, 0.3) is 84.1 Å². The molecule has 0 unspecified atom stereocenters. The number of hydrogen-bond donors (Lipinski definition) is 0. The van der Waals surface area contributed by atoms with Crippen LogP contribution in [-0.4, -0.2) is 0 Å². The molecular weight excluding hydrogens is 607 g/mol. The highest BCUT2D eigenvalue weighted by atomic mass is 32.1. The van der Waals surface area contributed by atoms with Crippen LogP contribution in [0.4, 0.5) is 17.1 Å². The number of rotatable bonds is 3. The first-order chi connectivity index (χ1) is 23.3. The topological polar surface area (TPSA) is 3.24 Å². The van der Waals surface area contributed by atoms with E-state index in [0.29, 0.717) is 0 Å². The molecule has 0 saturated heterocycles. The smallest absolute Gasteiger partial charge is 0.0640 e. The van der Waals surface area contributed by atoms with Crippen molar-refractivity contribution in [2.45, 2.75) is 0 Å². The van der Waals surface area contributed by atoms with Crippen molar-refractivity contribution >= 4 is 102 Å². The fraction of sp³-hybridized carbons (Fsp3) is 0. The second-order valence-corrected chi connectivity index (χ2v) is 14.6. The minimum atomic E-state index is 1.17. The van der Waals surface area contributed by atoms with Crippen molar-refractivity contribution in [3.05, 3.63) is 152 Å². The van der Waals surface area contributed by atoms with Crippen LogP contribution in [0.1, 0.15) is 0 Å². The van der Waals surface area contributed by atoms with Crippen LogP contribution in [-0.2, 0) is 0 Å². The molecule has 0 spiro atoms. The summed E-state index contributed by atoms with van der Waals surface area (Å²) in [4.78, 5) is 2.52. The highest BCUT2D eigenvalue weighted by molar-refractivity contribution is 7.26. The van der Waals surface area contributed by atoms with Crippen LogP contribution in [0.15, 0.2) is 152 Å². The van der Waals surface area contributed by atoms with E-state index in [9.17, 15) is 0 Å². The van der Waals surface area contributed by atoms with Gasteiger partial charge in [0.05, 0.1) is 16.1 Å². The molecule has 0 saturated carbocycles. The number of fused-ring (bicyclic) bond motifs is 7. The maximum absolute atomic E-state index is 2.52. The third-order valence-electron chi connectivity index (χ3n) is 9.96.